The number of rotatable bonds is 4. The Hall–Kier alpha value is -0.560. The highest BCUT2D eigenvalue weighted by atomic mass is 16.5. The summed E-state index contributed by atoms with van der Waals surface area (Å²) in [6, 6.07) is 0.280. The van der Waals surface area contributed by atoms with Crippen molar-refractivity contribution in [2.45, 2.75) is 44.6 Å². The van der Waals surface area contributed by atoms with Gasteiger partial charge < -0.3 is 9.47 Å². The second-order valence-corrected chi connectivity index (χ2v) is 4.37. The maximum Gasteiger partial charge on any atom is 0.133 e. The first kappa shape index (κ1) is 12.5. The minimum absolute atomic E-state index is 0.129. The molecular formula is C12H21NO2. The van der Waals surface area contributed by atoms with Gasteiger partial charge in [0.1, 0.15) is 6.10 Å². The van der Waals surface area contributed by atoms with Gasteiger partial charge in [-0.1, -0.05) is 5.92 Å². The summed E-state index contributed by atoms with van der Waals surface area (Å²) < 4.78 is 11.1. The quantitative estimate of drug-likeness (QED) is 0.651. The standard InChI is InChI=1S/C12H21NO2/c1-6-12(15-9(2)3)11-7-10(14-5)8-13(11)4/h1,9-12H,7-8H2,2-5H3/t10-,11+,12+/m1/s1. The van der Waals surface area contributed by atoms with Crippen LogP contribution in [0.15, 0.2) is 0 Å². The fourth-order valence-corrected chi connectivity index (χ4v) is 2.04. The molecule has 3 heteroatoms. The zero-order valence-electron chi connectivity index (χ0n) is 10.1. The lowest BCUT2D eigenvalue weighted by atomic mass is 10.1. The highest BCUT2D eigenvalue weighted by molar-refractivity contribution is 5.05. The minimum Gasteiger partial charge on any atom is -0.380 e. The fourth-order valence-electron chi connectivity index (χ4n) is 2.04. The molecule has 86 valence electrons. The van der Waals surface area contributed by atoms with Crippen LogP contribution in [0.4, 0.5) is 0 Å². The van der Waals surface area contributed by atoms with Crippen molar-refractivity contribution in [2.75, 3.05) is 20.7 Å². The number of likely N-dealkylation sites (N-methyl/N-ethyl adjacent to an activating group) is 1. The Labute approximate surface area is 92.7 Å². The molecule has 3 atom stereocenters. The van der Waals surface area contributed by atoms with Crippen molar-refractivity contribution >= 4 is 0 Å². The molecule has 3 nitrogen and oxygen atoms in total. The molecule has 1 fully saturated rings. The van der Waals surface area contributed by atoms with E-state index in [4.69, 9.17) is 15.9 Å². The van der Waals surface area contributed by atoms with E-state index in [1.807, 2.05) is 13.8 Å². The summed E-state index contributed by atoms with van der Waals surface area (Å²) in [7, 11) is 3.81. The lowest BCUT2D eigenvalue weighted by Crippen LogP contribution is -2.38. The predicted molar refractivity (Wildman–Crippen MR) is 60.7 cm³/mol. The van der Waals surface area contributed by atoms with Crippen LogP contribution in [-0.2, 0) is 9.47 Å². The third-order valence-electron chi connectivity index (χ3n) is 2.83. The first-order chi connectivity index (χ1) is 7.08. The Morgan fingerprint density at radius 1 is 1.47 bits per heavy atom. The van der Waals surface area contributed by atoms with Crippen LogP contribution >= 0.6 is 0 Å². The lowest BCUT2D eigenvalue weighted by Gasteiger charge is -2.26. The van der Waals surface area contributed by atoms with E-state index in [0.29, 0.717) is 0 Å². The van der Waals surface area contributed by atoms with E-state index in [9.17, 15) is 0 Å². The topological polar surface area (TPSA) is 21.7 Å². The summed E-state index contributed by atoms with van der Waals surface area (Å²) in [5.74, 6) is 2.73. The molecule has 0 unspecified atom stereocenters. The second kappa shape index (κ2) is 5.50. The van der Waals surface area contributed by atoms with Gasteiger partial charge in [-0.05, 0) is 27.3 Å². The normalized spacial score (nSPS) is 29.3. The van der Waals surface area contributed by atoms with E-state index < -0.39 is 0 Å². The first-order valence-electron chi connectivity index (χ1n) is 5.43. The Bertz CT molecular complexity index is 234. The molecule has 0 N–H and O–H groups in total. The molecule has 15 heavy (non-hydrogen) atoms. The molecule has 0 spiro atoms. The number of ether oxygens (including phenoxy) is 2. The van der Waals surface area contributed by atoms with Gasteiger partial charge in [0.05, 0.1) is 12.2 Å². The molecule has 1 heterocycles. The van der Waals surface area contributed by atoms with Crippen molar-refractivity contribution in [2.24, 2.45) is 0 Å². The Morgan fingerprint density at radius 3 is 2.53 bits per heavy atom. The van der Waals surface area contributed by atoms with Crippen LogP contribution in [0, 0.1) is 12.3 Å². The van der Waals surface area contributed by atoms with Crippen LogP contribution in [0.3, 0.4) is 0 Å². The van der Waals surface area contributed by atoms with Crippen LogP contribution in [-0.4, -0.2) is 50.0 Å². The molecule has 0 radical (unpaired) electrons. The summed E-state index contributed by atoms with van der Waals surface area (Å²) >= 11 is 0. The number of hydrogen-bond donors (Lipinski definition) is 0. The Kier molecular flexibility index (Phi) is 4.59. The SMILES string of the molecule is C#C[C@H](OC(C)C)[C@@H]1C[C@@H](OC)CN1C. The van der Waals surface area contributed by atoms with Crippen molar-refractivity contribution in [1.82, 2.24) is 4.90 Å². The summed E-state index contributed by atoms with van der Waals surface area (Å²) in [5.41, 5.74) is 0. The van der Waals surface area contributed by atoms with Crippen LogP contribution in [0.5, 0.6) is 0 Å². The van der Waals surface area contributed by atoms with Crippen molar-refractivity contribution in [3.05, 3.63) is 0 Å². The van der Waals surface area contributed by atoms with Crippen LogP contribution in [0.1, 0.15) is 20.3 Å². The molecular weight excluding hydrogens is 190 g/mol. The molecule has 0 amide bonds. The number of terminal acetylenes is 1. The average Bonchev–Trinajstić information content (AvgIpc) is 2.56. The van der Waals surface area contributed by atoms with Crippen molar-refractivity contribution in [1.29, 1.82) is 0 Å². The van der Waals surface area contributed by atoms with E-state index in [2.05, 4.69) is 17.9 Å². The molecule has 0 aromatic carbocycles. The first-order valence-corrected chi connectivity index (χ1v) is 5.43. The van der Waals surface area contributed by atoms with Crippen LogP contribution < -0.4 is 0 Å². The summed E-state index contributed by atoms with van der Waals surface area (Å²) in [5, 5.41) is 0. The third kappa shape index (κ3) is 3.20. The van der Waals surface area contributed by atoms with Gasteiger partial charge in [0.2, 0.25) is 0 Å². The van der Waals surface area contributed by atoms with Gasteiger partial charge in [0.15, 0.2) is 0 Å². The number of likely N-dealkylation sites (tertiary alicyclic amines) is 1. The van der Waals surface area contributed by atoms with Gasteiger partial charge in [-0.3, -0.25) is 4.90 Å². The van der Waals surface area contributed by atoms with Gasteiger partial charge >= 0.3 is 0 Å². The van der Waals surface area contributed by atoms with Crippen molar-refractivity contribution in [3.8, 4) is 12.3 Å². The van der Waals surface area contributed by atoms with Gasteiger partial charge in [0, 0.05) is 19.7 Å². The monoisotopic (exact) mass is 211 g/mol. The molecule has 1 aliphatic heterocycles. The molecule has 1 saturated heterocycles. The van der Waals surface area contributed by atoms with Gasteiger partial charge in [-0.2, -0.15) is 0 Å². The molecule has 0 bridgehead atoms. The summed E-state index contributed by atoms with van der Waals surface area (Å²) in [4.78, 5) is 2.22. The largest absolute Gasteiger partial charge is 0.380 e. The van der Waals surface area contributed by atoms with Gasteiger partial charge in [0.25, 0.3) is 0 Å². The maximum atomic E-state index is 5.71. The number of nitrogens with zero attached hydrogens (tertiary/aromatic N) is 1. The smallest absolute Gasteiger partial charge is 0.133 e. The molecule has 0 saturated carbocycles. The van der Waals surface area contributed by atoms with E-state index in [1.54, 1.807) is 7.11 Å². The maximum absolute atomic E-state index is 5.71. The Morgan fingerprint density at radius 2 is 2.13 bits per heavy atom. The molecule has 0 aliphatic carbocycles. The van der Waals surface area contributed by atoms with Gasteiger partial charge in [-0.25, -0.2) is 0 Å². The van der Waals surface area contributed by atoms with Crippen molar-refractivity contribution in [3.63, 3.8) is 0 Å². The third-order valence-corrected chi connectivity index (χ3v) is 2.83. The molecule has 0 aromatic heterocycles. The van der Waals surface area contributed by atoms with E-state index in [1.165, 1.54) is 0 Å². The van der Waals surface area contributed by atoms with Crippen LogP contribution in [0.25, 0.3) is 0 Å². The highest BCUT2D eigenvalue weighted by Gasteiger charge is 2.35. The molecule has 1 rings (SSSR count). The zero-order chi connectivity index (χ0) is 11.4. The van der Waals surface area contributed by atoms with Crippen LogP contribution in [0.2, 0.25) is 0 Å². The zero-order valence-corrected chi connectivity index (χ0v) is 10.1. The Balaban J connectivity index is 2.58. The minimum atomic E-state index is -0.129. The van der Waals surface area contributed by atoms with E-state index >= 15 is 0 Å². The fraction of sp³-hybridized carbons (Fsp3) is 0.833. The molecule has 0 aromatic rings. The molecule has 1 aliphatic rings. The lowest BCUT2D eigenvalue weighted by molar-refractivity contribution is 0.00132. The number of methoxy groups -OCH3 is 1. The summed E-state index contributed by atoms with van der Waals surface area (Å²) in [6.45, 7) is 4.95. The van der Waals surface area contributed by atoms with E-state index in [-0.39, 0.29) is 24.4 Å². The second-order valence-electron chi connectivity index (χ2n) is 4.37. The van der Waals surface area contributed by atoms with E-state index in [0.717, 1.165) is 13.0 Å². The van der Waals surface area contributed by atoms with Crippen molar-refractivity contribution < 1.29 is 9.47 Å². The average molecular weight is 211 g/mol. The number of hydrogen-bond acceptors (Lipinski definition) is 3. The highest BCUT2D eigenvalue weighted by Crippen LogP contribution is 2.22. The predicted octanol–water partition coefficient (Wildman–Crippen LogP) is 1.13. The summed E-state index contributed by atoms with van der Waals surface area (Å²) in [6.07, 6.45) is 6.78. The van der Waals surface area contributed by atoms with Gasteiger partial charge in [-0.15, -0.1) is 6.42 Å².